The minimum absolute atomic E-state index is 0.0886. The van der Waals surface area contributed by atoms with Crippen LogP contribution in [0, 0.1) is 12.8 Å². The standard InChI is InChI=1S/C19H22N2O2/c1-13-16(19(23)21(2)12-18(22)15-8-9-15)10-11-17(20-13)14-6-4-3-5-7-14/h3-7,10-11,15,18,22H,8-9,12H2,1-2H3. The lowest BCUT2D eigenvalue weighted by Crippen LogP contribution is -2.35. The van der Waals surface area contributed by atoms with E-state index in [2.05, 4.69) is 4.98 Å². The van der Waals surface area contributed by atoms with Gasteiger partial charge in [-0.3, -0.25) is 9.78 Å². The predicted molar refractivity (Wildman–Crippen MR) is 90.1 cm³/mol. The van der Waals surface area contributed by atoms with Gasteiger partial charge in [-0.1, -0.05) is 30.3 Å². The maximum Gasteiger partial charge on any atom is 0.255 e. The molecular weight excluding hydrogens is 288 g/mol. The van der Waals surface area contributed by atoms with Crippen LogP contribution in [0.3, 0.4) is 0 Å². The molecule has 1 unspecified atom stereocenters. The number of amides is 1. The van der Waals surface area contributed by atoms with Crippen molar-refractivity contribution >= 4 is 5.91 Å². The molecule has 1 aliphatic carbocycles. The van der Waals surface area contributed by atoms with Crippen molar-refractivity contribution in [2.24, 2.45) is 5.92 Å². The van der Waals surface area contributed by atoms with Gasteiger partial charge in [-0.05, 0) is 37.8 Å². The normalized spacial score (nSPS) is 15.3. The van der Waals surface area contributed by atoms with Gasteiger partial charge >= 0.3 is 0 Å². The fourth-order valence-corrected chi connectivity index (χ4v) is 2.76. The molecule has 1 aliphatic rings. The number of carbonyl (C=O) groups excluding carboxylic acids is 1. The van der Waals surface area contributed by atoms with Crippen LogP contribution in [0.15, 0.2) is 42.5 Å². The second-order valence-electron chi connectivity index (χ2n) is 6.29. The topological polar surface area (TPSA) is 53.4 Å². The third-order valence-electron chi connectivity index (χ3n) is 4.36. The van der Waals surface area contributed by atoms with E-state index >= 15 is 0 Å². The van der Waals surface area contributed by atoms with E-state index in [9.17, 15) is 9.90 Å². The number of aliphatic hydroxyl groups is 1. The monoisotopic (exact) mass is 310 g/mol. The van der Waals surface area contributed by atoms with Crippen LogP contribution in [0.1, 0.15) is 28.9 Å². The average Bonchev–Trinajstić information content (AvgIpc) is 3.40. The summed E-state index contributed by atoms with van der Waals surface area (Å²) in [5.41, 5.74) is 3.20. The van der Waals surface area contributed by atoms with Crippen molar-refractivity contribution in [3.05, 3.63) is 53.7 Å². The lowest BCUT2D eigenvalue weighted by molar-refractivity contribution is 0.0644. The zero-order chi connectivity index (χ0) is 16.4. The number of benzene rings is 1. The molecule has 0 spiro atoms. The molecule has 0 radical (unpaired) electrons. The summed E-state index contributed by atoms with van der Waals surface area (Å²) in [5.74, 6) is 0.277. The molecule has 1 amide bonds. The lowest BCUT2D eigenvalue weighted by Gasteiger charge is -2.21. The van der Waals surface area contributed by atoms with Gasteiger partial charge < -0.3 is 10.0 Å². The van der Waals surface area contributed by atoms with E-state index in [0.29, 0.717) is 23.7 Å². The Bertz CT molecular complexity index is 696. The van der Waals surface area contributed by atoms with Gasteiger partial charge in [0.15, 0.2) is 0 Å². The maximum absolute atomic E-state index is 12.6. The van der Waals surface area contributed by atoms with E-state index < -0.39 is 6.10 Å². The first kappa shape index (κ1) is 15.7. The number of hydrogen-bond donors (Lipinski definition) is 1. The summed E-state index contributed by atoms with van der Waals surface area (Å²) in [4.78, 5) is 18.7. The Labute approximate surface area is 136 Å². The molecule has 0 bridgehead atoms. The highest BCUT2D eigenvalue weighted by Gasteiger charge is 2.31. The molecular formula is C19H22N2O2. The van der Waals surface area contributed by atoms with E-state index in [1.165, 1.54) is 0 Å². The van der Waals surface area contributed by atoms with E-state index in [1.54, 1.807) is 11.9 Å². The van der Waals surface area contributed by atoms with Crippen LogP contribution < -0.4 is 0 Å². The first-order valence-electron chi connectivity index (χ1n) is 8.03. The van der Waals surface area contributed by atoms with Gasteiger partial charge in [0.25, 0.3) is 5.91 Å². The van der Waals surface area contributed by atoms with E-state index in [1.807, 2.05) is 49.4 Å². The molecule has 1 saturated carbocycles. The SMILES string of the molecule is Cc1nc(-c2ccccc2)ccc1C(=O)N(C)CC(O)C1CC1. The molecule has 2 aromatic rings. The summed E-state index contributed by atoms with van der Waals surface area (Å²) in [6.45, 7) is 2.23. The zero-order valence-electron chi connectivity index (χ0n) is 13.6. The molecule has 0 saturated heterocycles. The Morgan fingerprint density at radius 1 is 1.26 bits per heavy atom. The average molecular weight is 310 g/mol. The van der Waals surface area contributed by atoms with Crippen LogP contribution in [-0.2, 0) is 0 Å². The number of aliphatic hydroxyl groups excluding tert-OH is 1. The molecule has 1 fully saturated rings. The van der Waals surface area contributed by atoms with Crippen LogP contribution in [-0.4, -0.2) is 40.6 Å². The highest BCUT2D eigenvalue weighted by atomic mass is 16.3. The predicted octanol–water partition coefficient (Wildman–Crippen LogP) is 2.90. The van der Waals surface area contributed by atoms with Crippen molar-refractivity contribution in [1.82, 2.24) is 9.88 Å². The minimum atomic E-state index is -0.416. The summed E-state index contributed by atoms with van der Waals surface area (Å²) < 4.78 is 0. The summed E-state index contributed by atoms with van der Waals surface area (Å²) in [6, 6.07) is 13.6. The van der Waals surface area contributed by atoms with Crippen LogP contribution in [0.4, 0.5) is 0 Å². The number of hydrogen-bond acceptors (Lipinski definition) is 3. The molecule has 23 heavy (non-hydrogen) atoms. The van der Waals surface area contributed by atoms with Crippen molar-refractivity contribution in [1.29, 1.82) is 0 Å². The highest BCUT2D eigenvalue weighted by molar-refractivity contribution is 5.95. The van der Waals surface area contributed by atoms with Gasteiger partial charge in [-0.25, -0.2) is 0 Å². The van der Waals surface area contributed by atoms with Crippen LogP contribution in [0.25, 0.3) is 11.3 Å². The number of nitrogens with zero attached hydrogens (tertiary/aromatic N) is 2. The number of aryl methyl sites for hydroxylation is 1. The van der Waals surface area contributed by atoms with Gasteiger partial charge in [0.05, 0.1) is 23.1 Å². The van der Waals surface area contributed by atoms with Crippen molar-refractivity contribution in [3.8, 4) is 11.3 Å². The van der Waals surface area contributed by atoms with Gasteiger partial charge in [0, 0.05) is 19.2 Å². The summed E-state index contributed by atoms with van der Waals surface area (Å²) in [5, 5.41) is 10.0. The Hall–Kier alpha value is -2.20. The lowest BCUT2D eigenvalue weighted by atomic mass is 10.1. The first-order chi connectivity index (χ1) is 11.1. The summed E-state index contributed by atoms with van der Waals surface area (Å²) in [7, 11) is 1.73. The number of aromatic nitrogens is 1. The molecule has 1 heterocycles. The Balaban J connectivity index is 1.75. The van der Waals surface area contributed by atoms with Crippen LogP contribution in [0.2, 0.25) is 0 Å². The van der Waals surface area contributed by atoms with Crippen LogP contribution in [0.5, 0.6) is 0 Å². The van der Waals surface area contributed by atoms with Gasteiger partial charge in [0.1, 0.15) is 0 Å². The van der Waals surface area contributed by atoms with E-state index in [4.69, 9.17) is 0 Å². The van der Waals surface area contributed by atoms with Gasteiger partial charge in [-0.2, -0.15) is 0 Å². The first-order valence-corrected chi connectivity index (χ1v) is 8.03. The summed E-state index contributed by atoms with van der Waals surface area (Å²) >= 11 is 0. The molecule has 4 heteroatoms. The van der Waals surface area contributed by atoms with Crippen molar-refractivity contribution in [3.63, 3.8) is 0 Å². The molecule has 1 atom stereocenters. The smallest absolute Gasteiger partial charge is 0.255 e. The summed E-state index contributed by atoms with van der Waals surface area (Å²) in [6.07, 6.45) is 1.71. The van der Waals surface area contributed by atoms with Crippen LogP contribution >= 0.6 is 0 Å². The highest BCUT2D eigenvalue weighted by Crippen LogP contribution is 2.32. The van der Waals surface area contributed by atoms with Crippen molar-refractivity contribution < 1.29 is 9.90 Å². The largest absolute Gasteiger partial charge is 0.391 e. The number of carbonyl (C=O) groups is 1. The number of pyridine rings is 1. The molecule has 120 valence electrons. The maximum atomic E-state index is 12.6. The third kappa shape index (κ3) is 3.59. The quantitative estimate of drug-likeness (QED) is 0.924. The molecule has 0 aliphatic heterocycles. The molecule has 4 nitrogen and oxygen atoms in total. The fraction of sp³-hybridized carbons (Fsp3) is 0.368. The molecule has 3 rings (SSSR count). The second-order valence-corrected chi connectivity index (χ2v) is 6.29. The van der Waals surface area contributed by atoms with Crippen molar-refractivity contribution in [2.45, 2.75) is 25.9 Å². The Morgan fingerprint density at radius 2 is 1.96 bits per heavy atom. The fourth-order valence-electron chi connectivity index (χ4n) is 2.76. The number of rotatable bonds is 5. The second kappa shape index (κ2) is 6.50. The molecule has 1 aromatic heterocycles. The Kier molecular flexibility index (Phi) is 4.44. The molecule has 1 N–H and O–H groups in total. The van der Waals surface area contributed by atoms with E-state index in [0.717, 1.165) is 24.1 Å². The van der Waals surface area contributed by atoms with Gasteiger partial charge in [0.2, 0.25) is 0 Å². The zero-order valence-corrected chi connectivity index (χ0v) is 13.6. The van der Waals surface area contributed by atoms with Crippen molar-refractivity contribution in [2.75, 3.05) is 13.6 Å². The van der Waals surface area contributed by atoms with Gasteiger partial charge in [-0.15, -0.1) is 0 Å². The minimum Gasteiger partial charge on any atom is -0.391 e. The molecule has 1 aromatic carbocycles. The Morgan fingerprint density at radius 3 is 2.57 bits per heavy atom. The third-order valence-corrected chi connectivity index (χ3v) is 4.36. The number of likely N-dealkylation sites (N-methyl/N-ethyl adjacent to an activating group) is 1. The van der Waals surface area contributed by atoms with E-state index in [-0.39, 0.29) is 5.91 Å².